The Morgan fingerprint density at radius 2 is 1.13 bits per heavy atom. The molecule has 226 valence electrons. The van der Waals surface area contributed by atoms with Crippen LogP contribution in [0.3, 0.4) is 0 Å². The molecule has 0 saturated carbocycles. The second-order valence-corrected chi connectivity index (χ2v) is 13.6. The van der Waals surface area contributed by atoms with Gasteiger partial charge in [0.15, 0.2) is 0 Å². The average molecular weight is 605 g/mol. The zero-order chi connectivity index (χ0) is 31.7. The number of fused-ring (bicyclic) bond motifs is 7. The summed E-state index contributed by atoms with van der Waals surface area (Å²) in [6.45, 7) is 4.88. The zero-order valence-electron chi connectivity index (χ0n) is 27.0. The minimum Gasteiger partial charge on any atom is -0.497 e. The van der Waals surface area contributed by atoms with Crippen molar-refractivity contribution in [3.05, 3.63) is 163 Å². The molecular formula is C46H36O. The number of allylic oxidation sites excluding steroid dienone is 4. The summed E-state index contributed by atoms with van der Waals surface area (Å²) in [4.78, 5) is 0. The molecule has 47 heavy (non-hydrogen) atoms. The van der Waals surface area contributed by atoms with Gasteiger partial charge in [-0.3, -0.25) is 0 Å². The van der Waals surface area contributed by atoms with Crippen LogP contribution < -0.4 is 4.74 Å². The maximum absolute atomic E-state index is 5.49. The van der Waals surface area contributed by atoms with E-state index in [1.807, 2.05) is 0 Å². The van der Waals surface area contributed by atoms with E-state index in [-0.39, 0.29) is 5.41 Å². The molecule has 0 amide bonds. The van der Waals surface area contributed by atoms with Crippen molar-refractivity contribution in [2.75, 3.05) is 7.11 Å². The summed E-state index contributed by atoms with van der Waals surface area (Å²) in [6.07, 6.45) is 9.33. The molecule has 0 N–H and O–H groups in total. The lowest BCUT2D eigenvalue weighted by atomic mass is 9.74. The lowest BCUT2D eigenvalue weighted by Crippen LogP contribution is -2.24. The maximum Gasteiger partial charge on any atom is 0.118 e. The summed E-state index contributed by atoms with van der Waals surface area (Å²) < 4.78 is 5.49. The fraction of sp³-hybridized carbons (Fsp3) is 0.130. The van der Waals surface area contributed by atoms with Gasteiger partial charge < -0.3 is 4.74 Å². The van der Waals surface area contributed by atoms with E-state index in [2.05, 4.69) is 166 Å². The highest BCUT2D eigenvalue weighted by Gasteiger charge is 2.45. The van der Waals surface area contributed by atoms with Crippen LogP contribution in [0.15, 0.2) is 152 Å². The summed E-state index contributed by atoms with van der Waals surface area (Å²) in [5.41, 5.74) is 10.5. The molecule has 9 rings (SSSR count). The van der Waals surface area contributed by atoms with Crippen molar-refractivity contribution in [2.45, 2.75) is 25.2 Å². The number of ether oxygens (including phenoxy) is 1. The van der Waals surface area contributed by atoms with Crippen LogP contribution in [0.1, 0.15) is 30.9 Å². The Bertz CT molecular complexity index is 2410. The molecule has 2 unspecified atom stereocenters. The zero-order valence-corrected chi connectivity index (χ0v) is 27.0. The van der Waals surface area contributed by atoms with Crippen LogP contribution in [0.4, 0.5) is 0 Å². The summed E-state index contributed by atoms with van der Waals surface area (Å²) in [5.74, 6) is 1.70. The Hall–Kier alpha value is -5.40. The molecule has 2 atom stereocenters. The first-order chi connectivity index (χ1) is 23.0. The number of methoxy groups -OCH3 is 1. The molecule has 1 heteroatoms. The SMILES string of the molecule is COc1ccc(-c2ccc3c(-c4ccccc4)c4ccccc4c(-c4cc5c(c6ccccc46)C4C=CC=CC4C5(C)C)c3c2)cc1. The van der Waals surface area contributed by atoms with Crippen LogP contribution in [0.2, 0.25) is 0 Å². The molecule has 2 aliphatic rings. The van der Waals surface area contributed by atoms with Crippen molar-refractivity contribution < 1.29 is 4.74 Å². The van der Waals surface area contributed by atoms with Crippen LogP contribution in [0, 0.1) is 5.92 Å². The molecule has 2 aliphatic carbocycles. The normalized spacial score (nSPS) is 17.7. The van der Waals surface area contributed by atoms with Gasteiger partial charge in [0.05, 0.1) is 7.11 Å². The lowest BCUT2D eigenvalue weighted by Gasteiger charge is -2.29. The van der Waals surface area contributed by atoms with E-state index in [1.165, 1.54) is 76.8 Å². The third-order valence-corrected chi connectivity index (χ3v) is 10.9. The van der Waals surface area contributed by atoms with Crippen molar-refractivity contribution >= 4 is 32.3 Å². The first kappa shape index (κ1) is 27.9. The Morgan fingerprint density at radius 3 is 1.87 bits per heavy atom. The Labute approximate surface area is 276 Å². The minimum absolute atomic E-state index is 0.00385. The molecule has 0 bridgehead atoms. The third kappa shape index (κ3) is 4.16. The topological polar surface area (TPSA) is 9.23 Å². The highest BCUT2D eigenvalue weighted by atomic mass is 16.5. The largest absolute Gasteiger partial charge is 0.497 e. The van der Waals surface area contributed by atoms with Gasteiger partial charge in [-0.1, -0.05) is 141 Å². The lowest BCUT2D eigenvalue weighted by molar-refractivity contribution is 0.394. The summed E-state index contributed by atoms with van der Waals surface area (Å²) in [7, 11) is 1.72. The monoisotopic (exact) mass is 604 g/mol. The summed E-state index contributed by atoms with van der Waals surface area (Å²) in [5, 5.41) is 7.79. The maximum atomic E-state index is 5.49. The van der Waals surface area contributed by atoms with E-state index in [0.29, 0.717) is 11.8 Å². The third-order valence-electron chi connectivity index (χ3n) is 10.9. The van der Waals surface area contributed by atoms with Crippen LogP contribution in [-0.2, 0) is 5.41 Å². The number of hydrogen-bond donors (Lipinski definition) is 0. The number of benzene rings is 7. The van der Waals surface area contributed by atoms with Crippen LogP contribution in [0.5, 0.6) is 5.75 Å². The molecule has 0 aromatic heterocycles. The van der Waals surface area contributed by atoms with E-state index < -0.39 is 0 Å². The smallest absolute Gasteiger partial charge is 0.118 e. The first-order valence-corrected chi connectivity index (χ1v) is 16.6. The number of hydrogen-bond acceptors (Lipinski definition) is 1. The predicted molar refractivity (Wildman–Crippen MR) is 199 cm³/mol. The van der Waals surface area contributed by atoms with Gasteiger partial charge in [0, 0.05) is 5.92 Å². The molecule has 7 aromatic rings. The fourth-order valence-electron chi connectivity index (χ4n) is 8.60. The summed E-state index contributed by atoms with van der Waals surface area (Å²) in [6, 6.07) is 47.0. The molecule has 7 aromatic carbocycles. The van der Waals surface area contributed by atoms with Crippen LogP contribution in [0.25, 0.3) is 65.7 Å². The Balaban J connectivity index is 1.43. The van der Waals surface area contributed by atoms with E-state index in [9.17, 15) is 0 Å². The molecule has 1 nitrogen and oxygen atoms in total. The van der Waals surface area contributed by atoms with E-state index >= 15 is 0 Å². The predicted octanol–water partition coefficient (Wildman–Crippen LogP) is 12.3. The quantitative estimate of drug-likeness (QED) is 0.182. The Kier molecular flexibility index (Phi) is 6.27. The molecule has 0 aliphatic heterocycles. The number of rotatable bonds is 4. The molecule has 0 radical (unpaired) electrons. The first-order valence-electron chi connectivity index (χ1n) is 16.6. The van der Waals surface area contributed by atoms with E-state index in [0.717, 1.165) is 5.75 Å². The minimum atomic E-state index is 0.00385. The summed E-state index contributed by atoms with van der Waals surface area (Å²) >= 11 is 0. The van der Waals surface area contributed by atoms with Gasteiger partial charge in [0.2, 0.25) is 0 Å². The molecule has 0 saturated heterocycles. The average Bonchev–Trinajstić information content (AvgIpc) is 3.36. The Morgan fingerprint density at radius 1 is 0.511 bits per heavy atom. The van der Waals surface area contributed by atoms with Crippen LogP contribution >= 0.6 is 0 Å². The fourth-order valence-corrected chi connectivity index (χ4v) is 8.60. The van der Waals surface area contributed by atoms with Gasteiger partial charge in [0.1, 0.15) is 5.75 Å². The highest BCUT2D eigenvalue weighted by Crippen LogP contribution is 2.57. The van der Waals surface area contributed by atoms with Gasteiger partial charge in [-0.2, -0.15) is 0 Å². The molecule has 0 fully saturated rings. The molecule has 0 spiro atoms. The van der Waals surface area contributed by atoms with E-state index in [1.54, 1.807) is 7.11 Å². The molecule has 0 heterocycles. The van der Waals surface area contributed by atoms with Crippen molar-refractivity contribution in [3.8, 4) is 39.1 Å². The van der Waals surface area contributed by atoms with Crippen LogP contribution in [-0.4, -0.2) is 7.11 Å². The van der Waals surface area contributed by atoms with Gasteiger partial charge in [0.25, 0.3) is 0 Å². The highest BCUT2D eigenvalue weighted by molar-refractivity contribution is 6.24. The van der Waals surface area contributed by atoms with Crippen molar-refractivity contribution in [3.63, 3.8) is 0 Å². The van der Waals surface area contributed by atoms with Gasteiger partial charge in [-0.25, -0.2) is 0 Å². The van der Waals surface area contributed by atoms with Crippen molar-refractivity contribution in [1.82, 2.24) is 0 Å². The van der Waals surface area contributed by atoms with Gasteiger partial charge in [-0.05, 0) is 112 Å². The second kappa shape index (κ2) is 10.6. The van der Waals surface area contributed by atoms with Crippen molar-refractivity contribution in [2.24, 2.45) is 5.92 Å². The molecular weight excluding hydrogens is 569 g/mol. The van der Waals surface area contributed by atoms with Crippen molar-refractivity contribution in [1.29, 1.82) is 0 Å². The van der Waals surface area contributed by atoms with Gasteiger partial charge in [-0.15, -0.1) is 0 Å². The van der Waals surface area contributed by atoms with E-state index in [4.69, 9.17) is 4.74 Å². The van der Waals surface area contributed by atoms with Gasteiger partial charge >= 0.3 is 0 Å². The second-order valence-electron chi connectivity index (χ2n) is 13.6. The standard InChI is InChI=1S/C46H36O/c1-46(2)41-20-12-11-19-38(41)45-34-16-8-7-15-33(34)40(28-42(45)46)44-36-18-10-9-17-35(36)43(30-13-5-4-6-14-30)37-26-23-31(27-39(37)44)29-21-24-32(47-3)25-22-29/h4-28,38,41H,1-3H3.